The van der Waals surface area contributed by atoms with Crippen LogP contribution in [-0.2, 0) is 10.0 Å². The molecule has 1 N–H and O–H groups in total. The Labute approximate surface area is 137 Å². The van der Waals surface area contributed by atoms with E-state index in [0.717, 1.165) is 6.26 Å². The van der Waals surface area contributed by atoms with E-state index in [-0.39, 0.29) is 11.3 Å². The summed E-state index contributed by atoms with van der Waals surface area (Å²) in [6.07, 6.45) is 2.26. The largest absolute Gasteiger partial charge is 0.477 e. The molecule has 0 aliphatic carbocycles. The summed E-state index contributed by atoms with van der Waals surface area (Å²) in [7, 11) is -3.40. The molecule has 0 unspecified atom stereocenters. The van der Waals surface area contributed by atoms with Crippen molar-refractivity contribution in [1.82, 2.24) is 4.98 Å². The van der Waals surface area contributed by atoms with Crippen molar-refractivity contribution in [3.63, 3.8) is 0 Å². The number of nitrogens with one attached hydrogen (secondary N) is 1. The number of nitro groups is 1. The summed E-state index contributed by atoms with van der Waals surface area (Å²) in [6.45, 7) is -0.411. The number of hydrogen-bond acceptors (Lipinski definition) is 7. The van der Waals surface area contributed by atoms with Crippen molar-refractivity contribution in [2.45, 2.75) is 0 Å². The number of sulfonamides is 1. The highest BCUT2D eigenvalue weighted by atomic mass is 32.2. The first-order valence-corrected chi connectivity index (χ1v) is 8.48. The second kappa shape index (κ2) is 7.04. The lowest BCUT2D eigenvalue weighted by Crippen LogP contribution is -2.13. The summed E-state index contributed by atoms with van der Waals surface area (Å²) in [6, 6.07) is 8.52. The van der Waals surface area contributed by atoms with Crippen molar-refractivity contribution >= 4 is 27.3 Å². The molecule has 0 radical (unpaired) electrons. The molecule has 2 aromatic rings. The van der Waals surface area contributed by atoms with Crippen molar-refractivity contribution in [2.75, 3.05) is 17.6 Å². The zero-order valence-electron chi connectivity index (χ0n) is 12.5. The maximum Gasteiger partial charge on any atom is 0.406 e. The normalized spacial score (nSPS) is 10.9. The summed E-state index contributed by atoms with van der Waals surface area (Å²) in [5.74, 6) is -0.997. The van der Waals surface area contributed by atoms with Gasteiger partial charge in [-0.1, -0.05) is 0 Å². The molecule has 0 amide bonds. The van der Waals surface area contributed by atoms with E-state index in [0.29, 0.717) is 5.69 Å². The van der Waals surface area contributed by atoms with Crippen LogP contribution in [0.4, 0.5) is 11.5 Å². The Hall–Kier alpha value is -3.01. The smallest absolute Gasteiger partial charge is 0.406 e. The van der Waals surface area contributed by atoms with Crippen LogP contribution in [0, 0.1) is 10.1 Å². The van der Waals surface area contributed by atoms with Gasteiger partial charge in [0, 0.05) is 11.3 Å². The molecule has 0 saturated heterocycles. The Bertz CT molecular complexity index is 864. The van der Waals surface area contributed by atoms with Crippen molar-refractivity contribution in [3.05, 3.63) is 58.3 Å². The first-order valence-electron chi connectivity index (χ1n) is 6.59. The number of carbonyl (C=O) groups is 1. The Balaban J connectivity index is 2.04. The standard InChI is InChI=1S/C14H13N3O6S/c1-24(21,22)16-11-6-4-10(5-7-11)12(18)9-23-13-3-2-8-15-14(13)17(19)20/h2-8,16H,9H2,1H3. The van der Waals surface area contributed by atoms with Gasteiger partial charge in [0.2, 0.25) is 15.8 Å². The fourth-order valence-electron chi connectivity index (χ4n) is 1.80. The molecule has 1 aromatic carbocycles. The van der Waals surface area contributed by atoms with Gasteiger partial charge in [0.05, 0.1) is 6.26 Å². The number of hydrogen-bond donors (Lipinski definition) is 1. The molecule has 0 aliphatic heterocycles. The summed E-state index contributed by atoms with van der Waals surface area (Å²) < 4.78 is 29.6. The maximum atomic E-state index is 12.0. The maximum absolute atomic E-state index is 12.0. The highest BCUT2D eigenvalue weighted by Gasteiger charge is 2.17. The second-order valence-corrected chi connectivity index (χ2v) is 6.49. The van der Waals surface area contributed by atoms with Gasteiger partial charge in [-0.3, -0.25) is 9.52 Å². The van der Waals surface area contributed by atoms with Crippen molar-refractivity contribution < 1.29 is 22.9 Å². The molecule has 9 nitrogen and oxygen atoms in total. The molecule has 126 valence electrons. The van der Waals surface area contributed by atoms with Gasteiger partial charge in [0.1, 0.15) is 6.20 Å². The van der Waals surface area contributed by atoms with Gasteiger partial charge in [0.15, 0.2) is 12.4 Å². The molecule has 0 bridgehead atoms. The van der Waals surface area contributed by atoms with E-state index >= 15 is 0 Å². The van der Waals surface area contributed by atoms with Gasteiger partial charge >= 0.3 is 5.82 Å². The van der Waals surface area contributed by atoms with Crippen LogP contribution in [0.15, 0.2) is 42.6 Å². The predicted molar refractivity (Wildman–Crippen MR) is 85.6 cm³/mol. The van der Waals surface area contributed by atoms with Crippen LogP contribution in [0.25, 0.3) is 0 Å². The Morgan fingerprint density at radius 1 is 1.29 bits per heavy atom. The molecule has 10 heteroatoms. The number of aromatic nitrogens is 1. The fraction of sp³-hybridized carbons (Fsp3) is 0.143. The van der Waals surface area contributed by atoms with E-state index in [1.54, 1.807) is 0 Å². The van der Waals surface area contributed by atoms with Gasteiger partial charge < -0.3 is 14.9 Å². The quantitative estimate of drug-likeness (QED) is 0.456. The molecular formula is C14H13N3O6S. The van der Waals surface area contributed by atoms with E-state index in [4.69, 9.17) is 4.74 Å². The minimum Gasteiger partial charge on any atom is -0.477 e. The Kier molecular flexibility index (Phi) is 5.09. The van der Waals surface area contributed by atoms with Crippen LogP contribution in [0.1, 0.15) is 10.4 Å². The Morgan fingerprint density at radius 2 is 1.96 bits per heavy atom. The van der Waals surface area contributed by atoms with Crippen LogP contribution in [-0.4, -0.2) is 37.0 Å². The summed E-state index contributed by atoms with van der Waals surface area (Å²) >= 11 is 0. The monoisotopic (exact) mass is 351 g/mol. The van der Waals surface area contributed by atoms with E-state index < -0.39 is 33.2 Å². The molecule has 0 saturated carbocycles. The SMILES string of the molecule is CS(=O)(=O)Nc1ccc(C(=O)COc2cccnc2[N+](=O)[O-])cc1. The number of carbonyl (C=O) groups excluding carboxylic acids is 1. The van der Waals surface area contributed by atoms with Gasteiger partial charge in [-0.25, -0.2) is 8.42 Å². The molecule has 0 spiro atoms. The van der Waals surface area contributed by atoms with E-state index in [1.165, 1.54) is 42.6 Å². The molecule has 1 aromatic heterocycles. The zero-order chi connectivity index (χ0) is 17.7. The number of nitrogens with zero attached hydrogens (tertiary/aromatic N) is 2. The topological polar surface area (TPSA) is 128 Å². The highest BCUT2D eigenvalue weighted by Crippen LogP contribution is 2.23. The molecule has 24 heavy (non-hydrogen) atoms. The lowest BCUT2D eigenvalue weighted by Gasteiger charge is -2.07. The van der Waals surface area contributed by atoms with E-state index in [9.17, 15) is 23.3 Å². The van der Waals surface area contributed by atoms with Crippen LogP contribution >= 0.6 is 0 Å². The summed E-state index contributed by atoms with van der Waals surface area (Å²) in [4.78, 5) is 25.7. The Morgan fingerprint density at radius 3 is 2.54 bits per heavy atom. The molecule has 2 rings (SSSR count). The first-order chi connectivity index (χ1) is 11.3. The summed E-state index contributed by atoms with van der Waals surface area (Å²) in [5, 5.41) is 10.8. The third-order valence-electron chi connectivity index (χ3n) is 2.79. The van der Waals surface area contributed by atoms with Crippen LogP contribution in [0.2, 0.25) is 0 Å². The number of rotatable bonds is 7. The van der Waals surface area contributed by atoms with E-state index in [2.05, 4.69) is 9.71 Å². The summed E-state index contributed by atoms with van der Waals surface area (Å²) in [5.41, 5.74) is 0.596. The molecule has 0 aliphatic rings. The van der Waals surface area contributed by atoms with Gasteiger partial charge in [-0.2, -0.15) is 0 Å². The molecule has 1 heterocycles. The number of Topliss-reactive ketones (excluding diaryl/α,β-unsaturated/α-hetero) is 1. The van der Waals surface area contributed by atoms with Crippen molar-refractivity contribution in [2.24, 2.45) is 0 Å². The predicted octanol–water partition coefficient (Wildman–Crippen LogP) is 1.62. The van der Waals surface area contributed by atoms with Crippen LogP contribution < -0.4 is 9.46 Å². The van der Waals surface area contributed by atoms with Gasteiger partial charge in [-0.05, 0) is 46.3 Å². The van der Waals surface area contributed by atoms with Crippen LogP contribution in [0.5, 0.6) is 5.75 Å². The fourth-order valence-corrected chi connectivity index (χ4v) is 2.36. The molecule has 0 fully saturated rings. The lowest BCUT2D eigenvalue weighted by molar-refractivity contribution is -0.390. The number of ketones is 1. The third kappa shape index (κ3) is 4.74. The zero-order valence-corrected chi connectivity index (χ0v) is 13.3. The average molecular weight is 351 g/mol. The third-order valence-corrected chi connectivity index (χ3v) is 3.40. The number of benzene rings is 1. The van der Waals surface area contributed by atoms with Gasteiger partial charge in [0.25, 0.3) is 0 Å². The van der Waals surface area contributed by atoms with E-state index in [1.807, 2.05) is 0 Å². The minimum atomic E-state index is -3.40. The van der Waals surface area contributed by atoms with Crippen molar-refractivity contribution in [1.29, 1.82) is 0 Å². The van der Waals surface area contributed by atoms with Crippen molar-refractivity contribution in [3.8, 4) is 5.75 Å². The second-order valence-electron chi connectivity index (χ2n) is 4.75. The first kappa shape index (κ1) is 17.3. The highest BCUT2D eigenvalue weighted by molar-refractivity contribution is 7.92. The lowest BCUT2D eigenvalue weighted by atomic mass is 10.1. The number of pyridine rings is 1. The number of anilines is 1. The molecule has 0 atom stereocenters. The average Bonchev–Trinajstić information content (AvgIpc) is 2.52. The van der Waals surface area contributed by atoms with Gasteiger partial charge in [-0.15, -0.1) is 0 Å². The minimum absolute atomic E-state index is 0.105. The number of ether oxygens (including phenoxy) is 1. The molecular weight excluding hydrogens is 338 g/mol. The van der Waals surface area contributed by atoms with Crippen LogP contribution in [0.3, 0.4) is 0 Å².